The Hall–Kier alpha value is -0.470. The number of thioether (sulfide) groups is 1. The summed E-state index contributed by atoms with van der Waals surface area (Å²) in [7, 11) is 0. The molecule has 1 unspecified atom stereocenters. The van der Waals surface area contributed by atoms with Crippen LogP contribution in [0.15, 0.2) is 29.2 Å². The van der Waals surface area contributed by atoms with Gasteiger partial charge in [-0.2, -0.15) is 0 Å². The molecule has 1 nitrogen and oxygen atoms in total. The molecule has 1 fully saturated rings. The fraction of sp³-hybridized carbons (Fsp3) is 0.600. The van der Waals surface area contributed by atoms with Crippen LogP contribution in [0.4, 0.5) is 0 Å². The average Bonchev–Trinajstić information content (AvgIpc) is 2.33. The summed E-state index contributed by atoms with van der Waals surface area (Å²) in [4.78, 5) is 1.30. The van der Waals surface area contributed by atoms with E-state index < -0.39 is 0 Å². The van der Waals surface area contributed by atoms with Gasteiger partial charge in [0, 0.05) is 4.90 Å². The van der Waals surface area contributed by atoms with E-state index in [9.17, 15) is 0 Å². The first-order valence-electron chi connectivity index (χ1n) is 6.63. The van der Waals surface area contributed by atoms with E-state index in [0.29, 0.717) is 6.10 Å². The van der Waals surface area contributed by atoms with Crippen LogP contribution in [0.1, 0.15) is 44.6 Å². The molecule has 0 bridgehead atoms. The lowest BCUT2D eigenvalue weighted by molar-refractivity contribution is 0.0200. The van der Waals surface area contributed by atoms with Crippen molar-refractivity contribution in [1.29, 1.82) is 0 Å². The van der Waals surface area contributed by atoms with E-state index >= 15 is 0 Å². The van der Waals surface area contributed by atoms with Crippen molar-refractivity contribution in [3.05, 3.63) is 29.8 Å². The van der Waals surface area contributed by atoms with Crippen LogP contribution in [0.25, 0.3) is 0 Å². The molecule has 1 saturated carbocycles. The Morgan fingerprint density at radius 2 is 1.76 bits per heavy atom. The molecule has 2 heteroatoms. The van der Waals surface area contributed by atoms with E-state index in [1.165, 1.54) is 42.6 Å². The van der Waals surface area contributed by atoms with Gasteiger partial charge < -0.3 is 4.74 Å². The number of benzene rings is 1. The highest BCUT2D eigenvalue weighted by atomic mass is 32.2. The highest BCUT2D eigenvalue weighted by Crippen LogP contribution is 2.28. The Labute approximate surface area is 109 Å². The second-order valence-electron chi connectivity index (χ2n) is 4.89. The van der Waals surface area contributed by atoms with Crippen molar-refractivity contribution in [3.63, 3.8) is 0 Å². The molecule has 0 spiro atoms. The zero-order valence-corrected chi connectivity index (χ0v) is 11.6. The van der Waals surface area contributed by atoms with Crippen LogP contribution in [0.3, 0.4) is 0 Å². The van der Waals surface area contributed by atoms with E-state index in [-0.39, 0.29) is 5.44 Å². The minimum Gasteiger partial charge on any atom is -0.364 e. The number of hydrogen-bond acceptors (Lipinski definition) is 2. The van der Waals surface area contributed by atoms with Gasteiger partial charge in [0.05, 0.1) is 6.10 Å². The van der Waals surface area contributed by atoms with Crippen LogP contribution in [-0.4, -0.2) is 11.5 Å². The summed E-state index contributed by atoms with van der Waals surface area (Å²) in [5, 5.41) is 0. The van der Waals surface area contributed by atoms with E-state index in [2.05, 4.69) is 38.1 Å². The van der Waals surface area contributed by atoms with Gasteiger partial charge in [-0.3, -0.25) is 0 Å². The minimum absolute atomic E-state index is 0.265. The molecule has 1 aromatic rings. The Balaban J connectivity index is 1.79. The molecule has 0 N–H and O–H groups in total. The molecular weight excluding hydrogens is 228 g/mol. The number of hydrogen-bond donors (Lipinski definition) is 0. The Bertz CT molecular complexity index is 327. The lowest BCUT2D eigenvalue weighted by atomic mass is 9.98. The molecule has 17 heavy (non-hydrogen) atoms. The van der Waals surface area contributed by atoms with Crippen molar-refractivity contribution in [1.82, 2.24) is 0 Å². The highest BCUT2D eigenvalue weighted by molar-refractivity contribution is 7.99. The zero-order chi connectivity index (χ0) is 12.1. The maximum Gasteiger partial charge on any atom is 0.105 e. The zero-order valence-electron chi connectivity index (χ0n) is 10.8. The third-order valence-corrected chi connectivity index (χ3v) is 4.25. The second kappa shape index (κ2) is 6.46. The van der Waals surface area contributed by atoms with Crippen LogP contribution in [0, 0.1) is 6.92 Å². The standard InChI is InChI=1S/C15H22OS/c1-12-8-10-15(11-9-12)17-13(2)16-14-6-4-3-5-7-14/h8-11,13-14H,3-7H2,1-2H3. The fourth-order valence-corrected chi connectivity index (χ4v) is 3.20. The number of ether oxygens (including phenoxy) is 1. The summed E-state index contributed by atoms with van der Waals surface area (Å²) in [6, 6.07) is 8.69. The van der Waals surface area contributed by atoms with Crippen molar-refractivity contribution in [2.75, 3.05) is 0 Å². The van der Waals surface area contributed by atoms with Crippen molar-refractivity contribution in [2.45, 2.75) is 62.4 Å². The van der Waals surface area contributed by atoms with Crippen LogP contribution in [-0.2, 0) is 4.74 Å². The Morgan fingerprint density at radius 3 is 2.41 bits per heavy atom. The molecule has 1 aliphatic carbocycles. The van der Waals surface area contributed by atoms with Crippen LogP contribution < -0.4 is 0 Å². The van der Waals surface area contributed by atoms with Gasteiger partial charge in [-0.1, -0.05) is 48.7 Å². The molecule has 0 heterocycles. The van der Waals surface area contributed by atoms with Crippen molar-refractivity contribution in [2.24, 2.45) is 0 Å². The summed E-state index contributed by atoms with van der Waals surface area (Å²) >= 11 is 1.82. The van der Waals surface area contributed by atoms with Gasteiger partial charge in [-0.05, 0) is 38.8 Å². The Morgan fingerprint density at radius 1 is 1.12 bits per heavy atom. The molecular formula is C15H22OS. The van der Waals surface area contributed by atoms with Gasteiger partial charge in [-0.25, -0.2) is 0 Å². The largest absolute Gasteiger partial charge is 0.364 e. The van der Waals surface area contributed by atoms with Gasteiger partial charge in [0.25, 0.3) is 0 Å². The first-order chi connectivity index (χ1) is 8.24. The van der Waals surface area contributed by atoms with Gasteiger partial charge in [0.1, 0.15) is 5.44 Å². The normalized spacial score (nSPS) is 19.2. The van der Waals surface area contributed by atoms with Gasteiger partial charge in [0.2, 0.25) is 0 Å². The molecule has 1 aliphatic rings. The van der Waals surface area contributed by atoms with Gasteiger partial charge in [-0.15, -0.1) is 0 Å². The summed E-state index contributed by atoms with van der Waals surface area (Å²) in [5.41, 5.74) is 1.58. The second-order valence-corrected chi connectivity index (χ2v) is 6.27. The summed E-state index contributed by atoms with van der Waals surface area (Å²) < 4.78 is 6.09. The molecule has 0 amide bonds. The lowest BCUT2D eigenvalue weighted by Gasteiger charge is -2.25. The highest BCUT2D eigenvalue weighted by Gasteiger charge is 2.17. The first kappa shape index (κ1) is 13.0. The van der Waals surface area contributed by atoms with Crippen LogP contribution >= 0.6 is 11.8 Å². The van der Waals surface area contributed by atoms with Gasteiger partial charge in [0.15, 0.2) is 0 Å². The molecule has 0 aliphatic heterocycles. The van der Waals surface area contributed by atoms with Crippen molar-refractivity contribution < 1.29 is 4.74 Å². The molecule has 1 aromatic carbocycles. The quantitative estimate of drug-likeness (QED) is 0.561. The molecule has 0 aromatic heterocycles. The van der Waals surface area contributed by atoms with E-state index in [0.717, 1.165) is 0 Å². The Kier molecular flexibility index (Phi) is 4.93. The maximum atomic E-state index is 6.09. The maximum absolute atomic E-state index is 6.09. The summed E-state index contributed by atoms with van der Waals surface area (Å²) in [6.07, 6.45) is 7.06. The first-order valence-corrected chi connectivity index (χ1v) is 7.51. The monoisotopic (exact) mass is 250 g/mol. The van der Waals surface area contributed by atoms with Crippen molar-refractivity contribution in [3.8, 4) is 0 Å². The predicted molar refractivity (Wildman–Crippen MR) is 74.5 cm³/mol. The molecule has 0 radical (unpaired) electrons. The molecule has 2 rings (SSSR count). The SMILES string of the molecule is Cc1ccc(SC(C)OC2CCCCC2)cc1. The van der Waals surface area contributed by atoms with E-state index in [1.54, 1.807) is 0 Å². The number of aryl methyl sites for hydroxylation is 1. The molecule has 0 saturated heterocycles. The van der Waals surface area contributed by atoms with Gasteiger partial charge >= 0.3 is 0 Å². The smallest absolute Gasteiger partial charge is 0.105 e. The number of rotatable bonds is 4. The predicted octanol–water partition coefficient (Wildman–Crippen LogP) is 4.78. The summed E-state index contributed by atoms with van der Waals surface area (Å²) in [6.45, 7) is 4.29. The third kappa shape index (κ3) is 4.36. The third-order valence-electron chi connectivity index (χ3n) is 3.26. The van der Waals surface area contributed by atoms with E-state index in [4.69, 9.17) is 4.74 Å². The average molecular weight is 250 g/mol. The molecule has 1 atom stereocenters. The fourth-order valence-electron chi connectivity index (χ4n) is 2.31. The summed E-state index contributed by atoms with van der Waals surface area (Å²) in [5.74, 6) is 0. The lowest BCUT2D eigenvalue weighted by Crippen LogP contribution is -2.20. The minimum atomic E-state index is 0.265. The van der Waals surface area contributed by atoms with E-state index in [1.807, 2.05) is 11.8 Å². The van der Waals surface area contributed by atoms with Crippen molar-refractivity contribution >= 4 is 11.8 Å². The van der Waals surface area contributed by atoms with Crippen LogP contribution in [0.5, 0.6) is 0 Å². The molecule has 94 valence electrons. The van der Waals surface area contributed by atoms with Crippen LogP contribution in [0.2, 0.25) is 0 Å². The topological polar surface area (TPSA) is 9.23 Å².